The van der Waals surface area contributed by atoms with E-state index in [-0.39, 0.29) is 0 Å². The SMILES string of the molecule is Cc1cnnc([P+](=O)C2CC2)c1. The molecule has 0 amide bonds. The number of aromatic nitrogens is 2. The summed E-state index contributed by atoms with van der Waals surface area (Å²) in [4.78, 5) is 0. The van der Waals surface area contributed by atoms with Gasteiger partial charge in [0.25, 0.3) is 5.44 Å². The average Bonchev–Trinajstić information content (AvgIpc) is 2.85. The fourth-order valence-corrected chi connectivity index (χ4v) is 2.52. The standard InChI is InChI=1S/C8H10N2OP/c1-6-4-8(10-9-5-6)12(11)7-2-3-7/h4-5,7H,2-3H2,1H3/q+1. The molecule has 0 saturated heterocycles. The molecule has 0 N–H and O–H groups in total. The van der Waals surface area contributed by atoms with Gasteiger partial charge in [0, 0.05) is 6.07 Å². The third-order valence-electron chi connectivity index (χ3n) is 1.88. The Kier molecular flexibility index (Phi) is 1.89. The molecule has 1 heterocycles. The maximum atomic E-state index is 11.6. The summed E-state index contributed by atoms with van der Waals surface area (Å²) in [7, 11) is -1.26. The van der Waals surface area contributed by atoms with Crippen LogP contribution in [0.3, 0.4) is 0 Å². The molecule has 0 bridgehead atoms. The molecule has 0 aliphatic heterocycles. The molecule has 3 nitrogen and oxygen atoms in total. The van der Waals surface area contributed by atoms with Crippen LogP contribution in [0.1, 0.15) is 18.4 Å². The van der Waals surface area contributed by atoms with Crippen molar-refractivity contribution in [2.24, 2.45) is 0 Å². The van der Waals surface area contributed by atoms with Crippen LogP contribution in [0.25, 0.3) is 0 Å². The van der Waals surface area contributed by atoms with Crippen molar-refractivity contribution in [1.29, 1.82) is 0 Å². The molecular formula is C8H10N2OP+. The van der Waals surface area contributed by atoms with Gasteiger partial charge < -0.3 is 0 Å². The van der Waals surface area contributed by atoms with Crippen LogP contribution in [0, 0.1) is 6.92 Å². The number of nitrogens with zero attached hydrogens (tertiary/aromatic N) is 2. The normalized spacial score (nSPS) is 17.6. The molecule has 1 aliphatic carbocycles. The van der Waals surface area contributed by atoms with E-state index >= 15 is 0 Å². The smallest absolute Gasteiger partial charge is 0.154 e. The van der Waals surface area contributed by atoms with E-state index in [1.54, 1.807) is 6.20 Å². The van der Waals surface area contributed by atoms with Crippen LogP contribution in [0.4, 0.5) is 0 Å². The second-order valence-electron chi connectivity index (χ2n) is 3.15. The van der Waals surface area contributed by atoms with Gasteiger partial charge in [0.1, 0.15) is 0 Å². The Morgan fingerprint density at radius 3 is 2.92 bits per heavy atom. The average molecular weight is 181 g/mol. The predicted octanol–water partition coefficient (Wildman–Crippen LogP) is 1.40. The lowest BCUT2D eigenvalue weighted by Crippen LogP contribution is -2.06. The summed E-state index contributed by atoms with van der Waals surface area (Å²) >= 11 is 0. The molecule has 1 aromatic heterocycles. The Morgan fingerprint density at radius 2 is 2.33 bits per heavy atom. The van der Waals surface area contributed by atoms with Crippen molar-refractivity contribution in [3.63, 3.8) is 0 Å². The highest BCUT2D eigenvalue weighted by atomic mass is 31.1. The van der Waals surface area contributed by atoms with Crippen LogP contribution in [-0.4, -0.2) is 15.9 Å². The summed E-state index contributed by atoms with van der Waals surface area (Å²) in [5, 5.41) is 7.65. The zero-order chi connectivity index (χ0) is 8.55. The Morgan fingerprint density at radius 1 is 1.58 bits per heavy atom. The first-order valence-corrected chi connectivity index (χ1v) is 5.36. The van der Waals surface area contributed by atoms with Crippen LogP contribution in [0.2, 0.25) is 0 Å². The van der Waals surface area contributed by atoms with E-state index in [4.69, 9.17) is 0 Å². The summed E-state index contributed by atoms with van der Waals surface area (Å²) in [6.45, 7) is 1.94. The van der Waals surface area contributed by atoms with E-state index in [1.165, 1.54) is 0 Å². The highest BCUT2D eigenvalue weighted by Crippen LogP contribution is 2.43. The third-order valence-corrected chi connectivity index (χ3v) is 3.73. The van der Waals surface area contributed by atoms with E-state index in [2.05, 4.69) is 10.2 Å². The number of aryl methyl sites for hydroxylation is 1. The minimum Gasteiger partial charge on any atom is -0.154 e. The maximum Gasteiger partial charge on any atom is 0.401 e. The summed E-state index contributed by atoms with van der Waals surface area (Å²) in [6.07, 6.45) is 3.86. The molecule has 0 radical (unpaired) electrons. The van der Waals surface area contributed by atoms with E-state index in [0.29, 0.717) is 11.1 Å². The summed E-state index contributed by atoms with van der Waals surface area (Å²) in [6, 6.07) is 1.87. The molecule has 1 aliphatic rings. The number of hydrogen-bond acceptors (Lipinski definition) is 3. The number of rotatable bonds is 2. The first-order valence-electron chi connectivity index (χ1n) is 4.03. The topological polar surface area (TPSA) is 42.9 Å². The molecule has 1 aromatic rings. The maximum absolute atomic E-state index is 11.6. The Bertz CT molecular complexity index is 323. The molecule has 0 aromatic carbocycles. The molecule has 1 saturated carbocycles. The van der Waals surface area contributed by atoms with Crippen molar-refractivity contribution in [1.82, 2.24) is 10.2 Å². The summed E-state index contributed by atoms with van der Waals surface area (Å²) < 4.78 is 11.6. The van der Waals surface area contributed by atoms with Gasteiger partial charge in [-0.25, -0.2) is 0 Å². The van der Waals surface area contributed by atoms with E-state index in [0.717, 1.165) is 18.4 Å². The molecule has 2 rings (SSSR count). The highest BCUT2D eigenvalue weighted by Gasteiger charge is 2.43. The van der Waals surface area contributed by atoms with Gasteiger partial charge in [-0.1, -0.05) is 4.57 Å². The van der Waals surface area contributed by atoms with Crippen LogP contribution in [0.5, 0.6) is 0 Å². The van der Waals surface area contributed by atoms with Crippen molar-refractivity contribution in [2.75, 3.05) is 0 Å². The monoisotopic (exact) mass is 181 g/mol. The van der Waals surface area contributed by atoms with Crippen LogP contribution >= 0.6 is 7.80 Å². The Labute approximate surface area is 72.0 Å². The minimum atomic E-state index is -1.26. The minimum absolute atomic E-state index is 0.385. The van der Waals surface area contributed by atoms with Gasteiger partial charge in [0.05, 0.1) is 6.20 Å². The fraction of sp³-hybridized carbons (Fsp3) is 0.500. The quantitative estimate of drug-likeness (QED) is 0.647. The Balaban J connectivity index is 2.26. The van der Waals surface area contributed by atoms with Crippen molar-refractivity contribution in [3.8, 4) is 0 Å². The zero-order valence-electron chi connectivity index (χ0n) is 6.90. The Hall–Kier alpha value is -0.820. The van der Waals surface area contributed by atoms with Gasteiger partial charge in [0.2, 0.25) is 0 Å². The van der Waals surface area contributed by atoms with E-state index < -0.39 is 7.80 Å². The summed E-state index contributed by atoms with van der Waals surface area (Å²) in [5.41, 5.74) is 2.09. The van der Waals surface area contributed by atoms with Crippen molar-refractivity contribution in [2.45, 2.75) is 25.4 Å². The lowest BCUT2D eigenvalue weighted by Gasteiger charge is -1.87. The van der Waals surface area contributed by atoms with Gasteiger partial charge in [0.15, 0.2) is 5.66 Å². The van der Waals surface area contributed by atoms with Crippen LogP contribution < -0.4 is 5.44 Å². The molecule has 1 fully saturated rings. The molecule has 62 valence electrons. The van der Waals surface area contributed by atoms with Crippen LogP contribution in [-0.2, 0) is 4.57 Å². The lowest BCUT2D eigenvalue weighted by atomic mass is 10.4. The number of hydrogen-bond donors (Lipinski definition) is 0. The second-order valence-corrected chi connectivity index (χ2v) is 4.99. The van der Waals surface area contributed by atoms with Gasteiger partial charge in [-0.15, -0.1) is 5.10 Å². The summed E-state index contributed by atoms with van der Waals surface area (Å²) in [5.74, 6) is 0. The van der Waals surface area contributed by atoms with Gasteiger partial charge in [-0.3, -0.25) is 0 Å². The fourth-order valence-electron chi connectivity index (χ4n) is 1.05. The molecule has 0 spiro atoms. The molecular weight excluding hydrogens is 171 g/mol. The highest BCUT2D eigenvalue weighted by molar-refractivity contribution is 7.54. The largest absolute Gasteiger partial charge is 0.401 e. The lowest BCUT2D eigenvalue weighted by molar-refractivity contribution is 0.591. The van der Waals surface area contributed by atoms with Crippen LogP contribution in [0.15, 0.2) is 12.3 Å². The van der Waals surface area contributed by atoms with Crippen molar-refractivity contribution >= 4 is 13.2 Å². The molecule has 1 atom stereocenters. The van der Waals surface area contributed by atoms with E-state index in [1.807, 2.05) is 13.0 Å². The van der Waals surface area contributed by atoms with Gasteiger partial charge in [-0.2, -0.15) is 5.10 Å². The molecule has 1 unspecified atom stereocenters. The van der Waals surface area contributed by atoms with E-state index in [9.17, 15) is 4.57 Å². The molecule has 12 heavy (non-hydrogen) atoms. The van der Waals surface area contributed by atoms with Gasteiger partial charge >= 0.3 is 7.80 Å². The van der Waals surface area contributed by atoms with Gasteiger partial charge in [-0.05, 0) is 25.3 Å². The predicted molar refractivity (Wildman–Crippen MR) is 47.0 cm³/mol. The first-order chi connectivity index (χ1) is 5.77. The van der Waals surface area contributed by atoms with Crippen molar-refractivity contribution in [3.05, 3.63) is 17.8 Å². The first kappa shape index (κ1) is 7.81. The zero-order valence-corrected chi connectivity index (χ0v) is 7.79. The molecule has 4 heteroatoms. The third kappa shape index (κ3) is 1.51. The second kappa shape index (κ2) is 2.91. The van der Waals surface area contributed by atoms with Crippen molar-refractivity contribution < 1.29 is 4.57 Å².